The Bertz CT molecular complexity index is 281. The molecule has 4 heteroatoms. The Morgan fingerprint density at radius 3 is 2.21 bits per heavy atom. The third-order valence-corrected chi connectivity index (χ3v) is 4.79. The van der Waals surface area contributed by atoms with Crippen LogP contribution in [0.15, 0.2) is 0 Å². The van der Waals surface area contributed by atoms with Crippen LogP contribution in [0.1, 0.15) is 58.3 Å². The van der Waals surface area contributed by atoms with E-state index in [0.717, 1.165) is 6.54 Å². The molecule has 0 aromatic carbocycles. The summed E-state index contributed by atoms with van der Waals surface area (Å²) >= 11 is 0. The van der Waals surface area contributed by atoms with Crippen LogP contribution in [0.3, 0.4) is 0 Å². The van der Waals surface area contributed by atoms with Gasteiger partial charge in [0.1, 0.15) is 0 Å². The van der Waals surface area contributed by atoms with Crippen LogP contribution in [0.5, 0.6) is 0 Å². The van der Waals surface area contributed by atoms with Gasteiger partial charge < -0.3 is 11.1 Å². The van der Waals surface area contributed by atoms with Gasteiger partial charge in [0, 0.05) is 18.1 Å². The molecule has 2 aliphatic carbocycles. The van der Waals surface area contributed by atoms with Crippen molar-refractivity contribution in [2.24, 2.45) is 5.73 Å². The van der Waals surface area contributed by atoms with E-state index in [0.29, 0.717) is 24.7 Å². The molecule has 1 amide bonds. The molecule has 3 N–H and O–H groups in total. The number of nitrogens with zero attached hydrogens (tertiary/aromatic N) is 1. The largest absolute Gasteiger partial charge is 0.369 e. The fraction of sp³-hybridized carbons (Fsp3) is 0.933. The van der Waals surface area contributed by atoms with E-state index in [2.05, 4.69) is 17.1 Å². The molecule has 0 bridgehead atoms. The van der Waals surface area contributed by atoms with Crippen molar-refractivity contribution in [3.05, 3.63) is 0 Å². The maximum atomic E-state index is 11.3. The number of nitrogens with one attached hydrogen (secondary N) is 1. The van der Waals surface area contributed by atoms with E-state index in [1.165, 1.54) is 51.4 Å². The van der Waals surface area contributed by atoms with E-state index < -0.39 is 0 Å². The van der Waals surface area contributed by atoms with E-state index in [4.69, 9.17) is 5.73 Å². The highest BCUT2D eigenvalue weighted by Gasteiger charge is 2.32. The van der Waals surface area contributed by atoms with Gasteiger partial charge in [0.25, 0.3) is 0 Å². The molecule has 0 atom stereocenters. The number of nitrogens with two attached hydrogens (primary N) is 1. The molecule has 2 rings (SSSR count). The maximum absolute atomic E-state index is 11.3. The Hall–Kier alpha value is -0.610. The molecule has 0 aromatic heterocycles. The number of amides is 1. The summed E-state index contributed by atoms with van der Waals surface area (Å²) in [5.41, 5.74) is 5.45. The summed E-state index contributed by atoms with van der Waals surface area (Å²) in [5, 5.41) is 3.54. The summed E-state index contributed by atoms with van der Waals surface area (Å²) in [6, 6.07) is 1.86. The first-order chi connectivity index (χ1) is 9.20. The first-order valence-corrected chi connectivity index (χ1v) is 7.98. The molecule has 0 aliphatic heterocycles. The van der Waals surface area contributed by atoms with Gasteiger partial charge in [-0.1, -0.05) is 19.8 Å². The lowest BCUT2D eigenvalue weighted by atomic mass is 9.89. The van der Waals surface area contributed by atoms with Crippen molar-refractivity contribution >= 4 is 5.91 Å². The molecule has 0 radical (unpaired) electrons. The fourth-order valence-corrected chi connectivity index (χ4v) is 3.87. The Morgan fingerprint density at radius 2 is 1.68 bits per heavy atom. The Morgan fingerprint density at radius 1 is 1.11 bits per heavy atom. The predicted octanol–water partition coefficient (Wildman–Crippen LogP) is 1.64. The number of hydrogen-bond donors (Lipinski definition) is 2. The minimum atomic E-state index is -0.166. The highest BCUT2D eigenvalue weighted by atomic mass is 16.1. The van der Waals surface area contributed by atoms with Gasteiger partial charge in [-0.25, -0.2) is 0 Å². The van der Waals surface area contributed by atoms with Crippen LogP contribution < -0.4 is 11.1 Å². The summed E-state index contributed by atoms with van der Waals surface area (Å²) in [5.74, 6) is -0.166. The highest BCUT2D eigenvalue weighted by Crippen LogP contribution is 2.30. The average molecular weight is 267 g/mol. The topological polar surface area (TPSA) is 58.4 Å². The van der Waals surface area contributed by atoms with Crippen molar-refractivity contribution in [1.29, 1.82) is 0 Å². The maximum Gasteiger partial charge on any atom is 0.231 e. The lowest BCUT2D eigenvalue weighted by molar-refractivity contribution is -0.120. The standard InChI is InChI=1S/C15H29N3O/c1-2-17-12-7-9-14(10-8-12)18(11-15(16)19)13-5-3-4-6-13/h12-14,17H,2-11H2,1H3,(H2,16,19). The smallest absolute Gasteiger partial charge is 0.231 e. The molecule has 2 aliphatic rings. The number of rotatable bonds is 6. The summed E-state index contributed by atoms with van der Waals surface area (Å²) in [6.07, 6.45) is 10.0. The van der Waals surface area contributed by atoms with Gasteiger partial charge in [0.15, 0.2) is 0 Å². The van der Waals surface area contributed by atoms with Crippen LogP contribution >= 0.6 is 0 Å². The second-order valence-electron chi connectivity index (χ2n) is 6.14. The van der Waals surface area contributed by atoms with E-state index in [1.807, 2.05) is 0 Å². The predicted molar refractivity (Wildman–Crippen MR) is 77.9 cm³/mol. The lowest BCUT2D eigenvalue weighted by Gasteiger charge is -2.40. The van der Waals surface area contributed by atoms with Crippen LogP contribution in [-0.4, -0.2) is 42.0 Å². The fourth-order valence-electron chi connectivity index (χ4n) is 3.87. The van der Waals surface area contributed by atoms with E-state index in [-0.39, 0.29) is 5.91 Å². The van der Waals surface area contributed by atoms with Gasteiger partial charge in [0.05, 0.1) is 6.54 Å². The molecule has 110 valence electrons. The molecular weight excluding hydrogens is 238 g/mol. The molecular formula is C15H29N3O. The number of carbonyl (C=O) groups is 1. The molecule has 4 nitrogen and oxygen atoms in total. The Kier molecular flexibility index (Phi) is 5.64. The molecule has 0 saturated heterocycles. The first kappa shape index (κ1) is 14.8. The van der Waals surface area contributed by atoms with Gasteiger partial charge in [-0.3, -0.25) is 9.69 Å². The summed E-state index contributed by atoms with van der Waals surface area (Å²) in [7, 11) is 0. The third kappa shape index (κ3) is 4.18. The molecule has 0 aromatic rings. The monoisotopic (exact) mass is 267 g/mol. The van der Waals surface area contributed by atoms with Crippen LogP contribution in [0, 0.1) is 0 Å². The van der Waals surface area contributed by atoms with E-state index in [1.54, 1.807) is 0 Å². The number of hydrogen-bond acceptors (Lipinski definition) is 3. The van der Waals surface area contributed by atoms with Crippen molar-refractivity contribution in [1.82, 2.24) is 10.2 Å². The van der Waals surface area contributed by atoms with Crippen molar-refractivity contribution in [2.75, 3.05) is 13.1 Å². The third-order valence-electron chi connectivity index (χ3n) is 4.79. The van der Waals surface area contributed by atoms with Crippen LogP contribution in [0.2, 0.25) is 0 Å². The zero-order valence-corrected chi connectivity index (χ0v) is 12.2. The minimum Gasteiger partial charge on any atom is -0.369 e. The van der Waals surface area contributed by atoms with Crippen molar-refractivity contribution < 1.29 is 4.79 Å². The number of primary amides is 1. The average Bonchev–Trinajstić information content (AvgIpc) is 2.91. The molecule has 2 saturated carbocycles. The summed E-state index contributed by atoms with van der Waals surface area (Å²) in [4.78, 5) is 13.8. The Labute approximate surface area is 117 Å². The second-order valence-corrected chi connectivity index (χ2v) is 6.14. The van der Waals surface area contributed by atoms with Crippen LogP contribution in [0.25, 0.3) is 0 Å². The zero-order valence-electron chi connectivity index (χ0n) is 12.2. The van der Waals surface area contributed by atoms with Gasteiger partial charge in [-0.05, 0) is 45.1 Å². The molecule has 0 unspecified atom stereocenters. The van der Waals surface area contributed by atoms with E-state index >= 15 is 0 Å². The Balaban J connectivity index is 1.89. The van der Waals surface area contributed by atoms with Crippen molar-refractivity contribution in [3.63, 3.8) is 0 Å². The molecule has 19 heavy (non-hydrogen) atoms. The normalized spacial score (nSPS) is 28.9. The van der Waals surface area contributed by atoms with Crippen LogP contribution in [0.4, 0.5) is 0 Å². The summed E-state index contributed by atoms with van der Waals surface area (Å²) in [6.45, 7) is 3.69. The van der Waals surface area contributed by atoms with E-state index in [9.17, 15) is 4.79 Å². The quantitative estimate of drug-likeness (QED) is 0.769. The lowest BCUT2D eigenvalue weighted by Crippen LogP contribution is -2.49. The van der Waals surface area contributed by atoms with Gasteiger partial charge >= 0.3 is 0 Å². The van der Waals surface area contributed by atoms with Gasteiger partial charge in [0.2, 0.25) is 5.91 Å². The molecule has 2 fully saturated rings. The minimum absolute atomic E-state index is 0.166. The van der Waals surface area contributed by atoms with Gasteiger partial charge in [-0.2, -0.15) is 0 Å². The number of carbonyl (C=O) groups excluding carboxylic acids is 1. The second kappa shape index (κ2) is 7.25. The van der Waals surface area contributed by atoms with Crippen LogP contribution in [-0.2, 0) is 4.79 Å². The van der Waals surface area contributed by atoms with Gasteiger partial charge in [-0.15, -0.1) is 0 Å². The molecule has 0 spiro atoms. The van der Waals surface area contributed by atoms with Crippen molar-refractivity contribution in [3.8, 4) is 0 Å². The zero-order chi connectivity index (χ0) is 13.7. The van der Waals surface area contributed by atoms with Crippen molar-refractivity contribution in [2.45, 2.75) is 76.4 Å². The first-order valence-electron chi connectivity index (χ1n) is 7.98. The SMILES string of the molecule is CCNC1CCC(N(CC(N)=O)C2CCCC2)CC1. The summed E-state index contributed by atoms with van der Waals surface area (Å²) < 4.78 is 0. The highest BCUT2D eigenvalue weighted by molar-refractivity contribution is 5.76. The molecule has 0 heterocycles.